The minimum atomic E-state index is -0.301. The van der Waals surface area contributed by atoms with Crippen molar-refractivity contribution < 1.29 is 4.39 Å². The Morgan fingerprint density at radius 3 is 2.88 bits per heavy atom. The van der Waals surface area contributed by atoms with Gasteiger partial charge in [0.2, 0.25) is 0 Å². The summed E-state index contributed by atoms with van der Waals surface area (Å²) in [5, 5.41) is 3.10. The average molecular weight is 359 g/mol. The first-order chi connectivity index (χ1) is 12.8. The van der Waals surface area contributed by atoms with Crippen LogP contribution >= 0.6 is 11.3 Å². The molecule has 3 nitrogen and oxygen atoms in total. The number of thiophene rings is 1. The predicted octanol–water partition coefficient (Wildman–Crippen LogP) is 5.34. The van der Waals surface area contributed by atoms with E-state index in [0.29, 0.717) is 12.1 Å². The van der Waals surface area contributed by atoms with E-state index in [2.05, 4.69) is 28.2 Å². The van der Waals surface area contributed by atoms with E-state index in [1.165, 1.54) is 0 Å². The standard InChI is InChI=1S/C21H14FN3S/c22-18-11-16(20-4-2-8-26-20)13-25-17(12-24-21(18)25)10-14-5-6-19-15(9-14)3-1-7-23-19/h1-9,11-13H,10H2. The summed E-state index contributed by atoms with van der Waals surface area (Å²) in [6.07, 6.45) is 6.19. The zero-order chi connectivity index (χ0) is 17.5. The summed E-state index contributed by atoms with van der Waals surface area (Å²) in [5.41, 5.74) is 4.31. The minimum absolute atomic E-state index is 0.301. The van der Waals surface area contributed by atoms with Crippen LogP contribution in [0, 0.1) is 5.82 Å². The number of benzene rings is 1. The highest BCUT2D eigenvalue weighted by molar-refractivity contribution is 7.13. The first-order valence-electron chi connectivity index (χ1n) is 8.31. The van der Waals surface area contributed by atoms with Gasteiger partial charge < -0.3 is 4.40 Å². The number of aromatic nitrogens is 3. The average Bonchev–Trinajstić information content (AvgIpc) is 3.32. The number of halogens is 1. The van der Waals surface area contributed by atoms with Gasteiger partial charge in [-0.2, -0.15) is 0 Å². The number of hydrogen-bond acceptors (Lipinski definition) is 3. The molecular formula is C21H14FN3S. The molecule has 0 aliphatic heterocycles. The number of rotatable bonds is 3. The van der Waals surface area contributed by atoms with E-state index in [1.807, 2.05) is 40.2 Å². The maximum atomic E-state index is 14.5. The van der Waals surface area contributed by atoms with Crippen molar-refractivity contribution in [1.82, 2.24) is 14.4 Å². The lowest BCUT2D eigenvalue weighted by Crippen LogP contribution is -1.97. The second-order valence-corrected chi connectivity index (χ2v) is 7.15. The fourth-order valence-corrected chi connectivity index (χ4v) is 3.96. The molecule has 0 radical (unpaired) electrons. The van der Waals surface area contributed by atoms with Crippen molar-refractivity contribution in [3.05, 3.63) is 89.6 Å². The van der Waals surface area contributed by atoms with Crippen LogP contribution in [0.5, 0.6) is 0 Å². The molecule has 0 aliphatic carbocycles. The molecule has 1 aromatic carbocycles. The third kappa shape index (κ3) is 2.57. The van der Waals surface area contributed by atoms with Crippen molar-refractivity contribution in [3.8, 4) is 10.4 Å². The summed E-state index contributed by atoms with van der Waals surface area (Å²) in [6, 6.07) is 15.7. The number of imidazole rings is 1. The summed E-state index contributed by atoms with van der Waals surface area (Å²) in [7, 11) is 0. The molecule has 4 aromatic heterocycles. The van der Waals surface area contributed by atoms with Crippen LogP contribution in [0.1, 0.15) is 11.3 Å². The summed E-state index contributed by atoms with van der Waals surface area (Å²) in [6.45, 7) is 0. The van der Waals surface area contributed by atoms with Gasteiger partial charge in [0.05, 0.1) is 5.52 Å². The Labute approximate surface area is 153 Å². The first-order valence-corrected chi connectivity index (χ1v) is 9.19. The molecule has 5 aromatic rings. The Kier molecular flexibility index (Phi) is 3.53. The smallest absolute Gasteiger partial charge is 0.173 e. The second-order valence-electron chi connectivity index (χ2n) is 6.20. The SMILES string of the molecule is Fc1cc(-c2cccs2)cn2c(Cc3ccc4ncccc4c3)cnc12. The molecule has 26 heavy (non-hydrogen) atoms. The van der Waals surface area contributed by atoms with Gasteiger partial charge in [0, 0.05) is 46.5 Å². The van der Waals surface area contributed by atoms with Crippen molar-refractivity contribution in [1.29, 1.82) is 0 Å². The molecule has 0 saturated carbocycles. The molecule has 0 unspecified atom stereocenters. The van der Waals surface area contributed by atoms with Crippen LogP contribution in [-0.2, 0) is 6.42 Å². The summed E-state index contributed by atoms with van der Waals surface area (Å²) >= 11 is 1.60. The molecule has 0 N–H and O–H groups in total. The van der Waals surface area contributed by atoms with E-state index in [-0.39, 0.29) is 5.82 Å². The second kappa shape index (κ2) is 6.04. The van der Waals surface area contributed by atoms with Gasteiger partial charge in [-0.15, -0.1) is 11.3 Å². The fraction of sp³-hybridized carbons (Fsp3) is 0.0476. The minimum Gasteiger partial charge on any atom is -0.301 e. The van der Waals surface area contributed by atoms with Crippen molar-refractivity contribution >= 4 is 27.9 Å². The van der Waals surface area contributed by atoms with E-state index < -0.39 is 0 Å². The van der Waals surface area contributed by atoms with Crippen molar-refractivity contribution in [2.75, 3.05) is 0 Å². The lowest BCUT2D eigenvalue weighted by atomic mass is 10.1. The van der Waals surface area contributed by atoms with Gasteiger partial charge in [-0.05, 0) is 41.3 Å². The topological polar surface area (TPSA) is 30.2 Å². The molecule has 5 heteroatoms. The van der Waals surface area contributed by atoms with Gasteiger partial charge >= 0.3 is 0 Å². The van der Waals surface area contributed by atoms with Gasteiger partial charge in [-0.1, -0.05) is 18.2 Å². The lowest BCUT2D eigenvalue weighted by molar-refractivity contribution is 0.630. The molecule has 4 heterocycles. The van der Waals surface area contributed by atoms with Crippen LogP contribution in [0.15, 0.2) is 72.5 Å². The van der Waals surface area contributed by atoms with Crippen LogP contribution in [-0.4, -0.2) is 14.4 Å². The molecule has 0 fully saturated rings. The lowest BCUT2D eigenvalue weighted by Gasteiger charge is -2.06. The normalized spacial score (nSPS) is 11.4. The summed E-state index contributed by atoms with van der Waals surface area (Å²) in [5.74, 6) is -0.301. The number of fused-ring (bicyclic) bond motifs is 2. The maximum absolute atomic E-state index is 14.5. The fourth-order valence-electron chi connectivity index (χ4n) is 3.25. The number of hydrogen-bond donors (Lipinski definition) is 0. The molecule has 0 spiro atoms. The molecule has 0 amide bonds. The van der Waals surface area contributed by atoms with Crippen molar-refractivity contribution in [2.45, 2.75) is 6.42 Å². The van der Waals surface area contributed by atoms with Gasteiger partial charge in [-0.25, -0.2) is 9.37 Å². The molecule has 0 bridgehead atoms. The molecule has 0 saturated heterocycles. The molecule has 5 rings (SSSR count). The highest BCUT2D eigenvalue weighted by atomic mass is 32.1. The zero-order valence-electron chi connectivity index (χ0n) is 13.8. The maximum Gasteiger partial charge on any atom is 0.173 e. The highest BCUT2D eigenvalue weighted by Gasteiger charge is 2.12. The summed E-state index contributed by atoms with van der Waals surface area (Å²) in [4.78, 5) is 9.68. The Morgan fingerprint density at radius 2 is 2.00 bits per heavy atom. The number of pyridine rings is 2. The monoisotopic (exact) mass is 359 g/mol. The Bertz CT molecular complexity index is 1220. The van der Waals surface area contributed by atoms with E-state index in [9.17, 15) is 4.39 Å². The van der Waals surface area contributed by atoms with E-state index in [0.717, 1.165) is 32.6 Å². The zero-order valence-corrected chi connectivity index (χ0v) is 14.6. The van der Waals surface area contributed by atoms with Gasteiger partial charge in [0.25, 0.3) is 0 Å². The first kappa shape index (κ1) is 15.2. The van der Waals surface area contributed by atoms with Gasteiger partial charge in [0.1, 0.15) is 0 Å². The van der Waals surface area contributed by atoms with Crippen molar-refractivity contribution in [3.63, 3.8) is 0 Å². The van der Waals surface area contributed by atoms with Crippen LogP contribution in [0.4, 0.5) is 4.39 Å². The predicted molar refractivity (Wildman–Crippen MR) is 103 cm³/mol. The Hall–Kier alpha value is -3.05. The van der Waals surface area contributed by atoms with Crippen molar-refractivity contribution in [2.24, 2.45) is 0 Å². The Morgan fingerprint density at radius 1 is 1.04 bits per heavy atom. The van der Waals surface area contributed by atoms with Gasteiger partial charge in [0.15, 0.2) is 11.5 Å². The third-order valence-electron chi connectivity index (χ3n) is 4.50. The van der Waals surface area contributed by atoms with Crippen LogP contribution in [0.2, 0.25) is 0 Å². The van der Waals surface area contributed by atoms with Crippen LogP contribution in [0.3, 0.4) is 0 Å². The molecule has 126 valence electrons. The van der Waals surface area contributed by atoms with E-state index >= 15 is 0 Å². The summed E-state index contributed by atoms with van der Waals surface area (Å²) < 4.78 is 16.4. The Balaban J connectivity index is 1.59. The molecule has 0 atom stereocenters. The van der Waals surface area contributed by atoms with E-state index in [1.54, 1.807) is 29.8 Å². The highest BCUT2D eigenvalue weighted by Crippen LogP contribution is 2.27. The van der Waals surface area contributed by atoms with Gasteiger partial charge in [-0.3, -0.25) is 4.98 Å². The third-order valence-corrected chi connectivity index (χ3v) is 5.41. The largest absolute Gasteiger partial charge is 0.301 e. The number of nitrogens with zero attached hydrogens (tertiary/aromatic N) is 3. The van der Waals surface area contributed by atoms with Crippen LogP contribution in [0.25, 0.3) is 27.0 Å². The quantitative estimate of drug-likeness (QED) is 0.435. The molecular weight excluding hydrogens is 345 g/mol. The van der Waals surface area contributed by atoms with Crippen LogP contribution < -0.4 is 0 Å². The molecule has 0 aliphatic rings. The van der Waals surface area contributed by atoms with E-state index in [4.69, 9.17) is 0 Å².